The fraction of sp³-hybridized carbons (Fsp3) is 0.667. The summed E-state index contributed by atoms with van der Waals surface area (Å²) >= 11 is 13.7. The highest BCUT2D eigenvalue weighted by Gasteiger charge is 2.18. The van der Waals surface area contributed by atoms with Crippen molar-refractivity contribution in [1.29, 1.82) is 0 Å². The molecule has 0 saturated heterocycles. The van der Waals surface area contributed by atoms with Gasteiger partial charge in [-0.15, -0.1) is 0 Å². The van der Waals surface area contributed by atoms with Gasteiger partial charge in [0.2, 0.25) is 0 Å². The molecule has 1 aromatic heterocycles. The average molecular weight is 364 g/mol. The fourth-order valence-electron chi connectivity index (χ4n) is 2.13. The van der Waals surface area contributed by atoms with E-state index in [-0.39, 0.29) is 0 Å². The zero-order valence-corrected chi connectivity index (χ0v) is 15.5. The van der Waals surface area contributed by atoms with Gasteiger partial charge in [0.15, 0.2) is 5.82 Å². The van der Waals surface area contributed by atoms with Crippen LogP contribution in [-0.2, 0) is 0 Å². The topological polar surface area (TPSA) is 46.1 Å². The van der Waals surface area contributed by atoms with Crippen molar-refractivity contribution in [2.45, 2.75) is 45.4 Å². The minimum atomic E-state index is -0.556. The average Bonchev–Trinajstić information content (AvgIpc) is 2.49. The molecule has 124 valence electrons. The maximum Gasteiger partial charge on any atom is 0.322 e. The van der Waals surface area contributed by atoms with Gasteiger partial charge >= 0.3 is 5.37 Å². The molecule has 0 atom stereocenters. The van der Waals surface area contributed by atoms with E-state index >= 15 is 0 Å². The van der Waals surface area contributed by atoms with E-state index in [2.05, 4.69) is 16.2 Å². The van der Waals surface area contributed by atoms with Crippen LogP contribution in [0.3, 0.4) is 0 Å². The molecule has 1 heterocycles. The second kappa shape index (κ2) is 11.1. The molecule has 0 aromatic carbocycles. The zero-order chi connectivity index (χ0) is 16.4. The van der Waals surface area contributed by atoms with E-state index < -0.39 is 5.37 Å². The van der Waals surface area contributed by atoms with E-state index in [0.29, 0.717) is 23.1 Å². The number of carbonyl (C=O) groups excluding carboxylic acids is 1. The molecule has 0 aliphatic carbocycles. The first-order valence-corrected chi connectivity index (χ1v) is 9.66. The Hall–Kier alpha value is -0.520. The molecule has 0 fully saturated rings. The summed E-state index contributed by atoms with van der Waals surface area (Å²) < 4.78 is 0. The Morgan fingerprint density at radius 1 is 1.18 bits per heavy atom. The molecular weight excluding hydrogens is 341 g/mol. The van der Waals surface area contributed by atoms with Gasteiger partial charge in [-0.05, 0) is 43.4 Å². The Morgan fingerprint density at radius 3 is 2.45 bits per heavy atom. The molecule has 0 N–H and O–H groups in total. The van der Waals surface area contributed by atoms with Gasteiger partial charge in [-0.3, -0.25) is 9.69 Å². The number of rotatable bonds is 10. The lowest BCUT2D eigenvalue weighted by atomic mass is 10.1. The minimum Gasteiger partial charge on any atom is -0.282 e. The van der Waals surface area contributed by atoms with Gasteiger partial charge in [0, 0.05) is 6.54 Å². The van der Waals surface area contributed by atoms with Gasteiger partial charge in [-0.1, -0.05) is 37.3 Å². The smallest absolute Gasteiger partial charge is 0.282 e. The number of amides is 1. The summed E-state index contributed by atoms with van der Waals surface area (Å²) in [6.07, 6.45) is 10.5. The van der Waals surface area contributed by atoms with Crippen molar-refractivity contribution in [3.8, 4) is 0 Å². The monoisotopic (exact) mass is 363 g/mol. The van der Waals surface area contributed by atoms with Crippen molar-refractivity contribution in [3.05, 3.63) is 17.0 Å². The number of thioether (sulfide) groups is 1. The number of halogens is 2. The number of hydrogen-bond donors (Lipinski definition) is 0. The van der Waals surface area contributed by atoms with Crippen LogP contribution in [0.1, 0.15) is 44.2 Å². The Labute approximate surface area is 147 Å². The Bertz CT molecular complexity index is 474. The number of unbranched alkanes of at least 4 members (excludes halogenated alkanes) is 5. The molecule has 1 amide bonds. The molecule has 0 radical (unpaired) electrons. The van der Waals surface area contributed by atoms with E-state index in [1.807, 2.05) is 11.8 Å². The highest BCUT2D eigenvalue weighted by molar-refractivity contribution is 7.98. The number of carbonyl (C=O) groups is 1. The van der Waals surface area contributed by atoms with Crippen LogP contribution in [0.4, 0.5) is 10.6 Å². The standard InChI is InChI=1S/C15H23Cl2N3OS/c1-12-13(16)14(19-11-18-12)20(15(17)21)9-7-5-3-4-6-8-10-22-2/h11H,3-10H2,1-2H3. The van der Waals surface area contributed by atoms with E-state index in [9.17, 15) is 4.79 Å². The second-order valence-corrected chi connectivity index (χ2v) is 6.80. The first kappa shape index (κ1) is 19.5. The van der Waals surface area contributed by atoms with Gasteiger partial charge in [-0.2, -0.15) is 11.8 Å². The summed E-state index contributed by atoms with van der Waals surface area (Å²) in [6, 6.07) is 0. The SMILES string of the molecule is CSCCCCCCCCN(C(=O)Cl)c1ncnc(C)c1Cl. The molecule has 22 heavy (non-hydrogen) atoms. The molecule has 0 spiro atoms. The lowest BCUT2D eigenvalue weighted by molar-refractivity contribution is 0.264. The maximum absolute atomic E-state index is 11.6. The summed E-state index contributed by atoms with van der Waals surface area (Å²) in [6.45, 7) is 2.31. The number of aryl methyl sites for hydroxylation is 1. The van der Waals surface area contributed by atoms with Crippen LogP contribution in [0.2, 0.25) is 5.02 Å². The first-order chi connectivity index (χ1) is 10.6. The lowest BCUT2D eigenvalue weighted by Crippen LogP contribution is -2.28. The molecule has 1 rings (SSSR count). The van der Waals surface area contributed by atoms with Gasteiger partial charge in [-0.25, -0.2) is 9.97 Å². The highest BCUT2D eigenvalue weighted by atomic mass is 35.5. The van der Waals surface area contributed by atoms with E-state index in [0.717, 1.165) is 12.8 Å². The van der Waals surface area contributed by atoms with Crippen LogP contribution in [0.15, 0.2) is 6.33 Å². The van der Waals surface area contributed by atoms with Crippen LogP contribution in [0.5, 0.6) is 0 Å². The highest BCUT2D eigenvalue weighted by Crippen LogP contribution is 2.26. The van der Waals surface area contributed by atoms with Gasteiger partial charge < -0.3 is 0 Å². The summed E-state index contributed by atoms with van der Waals surface area (Å²) in [4.78, 5) is 21.1. The molecule has 7 heteroatoms. The predicted octanol–water partition coefficient (Wildman–Crippen LogP) is 5.31. The van der Waals surface area contributed by atoms with Crippen molar-refractivity contribution in [2.75, 3.05) is 23.5 Å². The molecule has 0 unspecified atom stereocenters. The number of nitrogens with zero attached hydrogens (tertiary/aromatic N) is 3. The third kappa shape index (κ3) is 6.71. The summed E-state index contributed by atoms with van der Waals surface area (Å²) in [5, 5.41) is -0.173. The largest absolute Gasteiger partial charge is 0.322 e. The van der Waals surface area contributed by atoms with E-state index in [4.69, 9.17) is 23.2 Å². The van der Waals surface area contributed by atoms with Gasteiger partial charge in [0.05, 0.1) is 5.69 Å². The third-order valence-corrected chi connectivity index (χ3v) is 4.74. The fourth-order valence-corrected chi connectivity index (χ4v) is 2.99. The van der Waals surface area contributed by atoms with Crippen molar-refractivity contribution < 1.29 is 4.79 Å². The number of hydrogen-bond acceptors (Lipinski definition) is 4. The van der Waals surface area contributed by atoms with Crippen molar-refractivity contribution in [3.63, 3.8) is 0 Å². The second-order valence-electron chi connectivity index (χ2n) is 5.12. The van der Waals surface area contributed by atoms with Crippen LogP contribution in [0, 0.1) is 6.92 Å². The quantitative estimate of drug-likeness (QED) is 0.321. The molecule has 0 bridgehead atoms. The van der Waals surface area contributed by atoms with E-state index in [1.54, 1.807) is 6.92 Å². The summed E-state index contributed by atoms with van der Waals surface area (Å²) in [5.74, 6) is 1.63. The van der Waals surface area contributed by atoms with Crippen molar-refractivity contribution >= 4 is 46.1 Å². The van der Waals surface area contributed by atoms with Crippen LogP contribution >= 0.6 is 35.0 Å². The lowest BCUT2D eigenvalue weighted by Gasteiger charge is -2.20. The normalized spacial score (nSPS) is 10.7. The van der Waals surface area contributed by atoms with Crippen LogP contribution < -0.4 is 4.90 Å². The summed E-state index contributed by atoms with van der Waals surface area (Å²) in [5.41, 5.74) is 0.642. The molecular formula is C15H23Cl2N3OS. The third-order valence-electron chi connectivity index (χ3n) is 3.39. The molecule has 0 saturated carbocycles. The van der Waals surface area contributed by atoms with Gasteiger partial charge in [0.1, 0.15) is 11.3 Å². The van der Waals surface area contributed by atoms with Crippen LogP contribution in [0.25, 0.3) is 0 Å². The molecule has 4 nitrogen and oxygen atoms in total. The zero-order valence-electron chi connectivity index (χ0n) is 13.1. The van der Waals surface area contributed by atoms with Crippen molar-refractivity contribution in [2.24, 2.45) is 0 Å². The Kier molecular flexibility index (Phi) is 9.84. The maximum atomic E-state index is 11.6. The summed E-state index contributed by atoms with van der Waals surface area (Å²) in [7, 11) is 0. The Morgan fingerprint density at radius 2 is 1.82 bits per heavy atom. The molecule has 1 aromatic rings. The number of aromatic nitrogens is 2. The minimum absolute atomic E-state index is 0.383. The molecule has 0 aliphatic heterocycles. The molecule has 0 aliphatic rings. The van der Waals surface area contributed by atoms with Crippen molar-refractivity contribution in [1.82, 2.24) is 9.97 Å². The predicted molar refractivity (Wildman–Crippen MR) is 96.5 cm³/mol. The van der Waals surface area contributed by atoms with E-state index in [1.165, 1.54) is 42.7 Å². The number of anilines is 1. The van der Waals surface area contributed by atoms with Gasteiger partial charge in [0.25, 0.3) is 0 Å². The Balaban J connectivity index is 2.40. The first-order valence-electron chi connectivity index (χ1n) is 7.51. The van der Waals surface area contributed by atoms with Crippen LogP contribution in [-0.4, -0.2) is 33.9 Å².